The van der Waals surface area contributed by atoms with Crippen LogP contribution in [0.25, 0.3) is 0 Å². The molecule has 68 valence electrons. The fourth-order valence-corrected chi connectivity index (χ4v) is 1.96. The third kappa shape index (κ3) is 2.69. The summed E-state index contributed by atoms with van der Waals surface area (Å²) < 4.78 is 0. The zero-order valence-corrected chi connectivity index (χ0v) is 8.18. The van der Waals surface area contributed by atoms with Gasteiger partial charge < -0.3 is 5.73 Å². The molecule has 1 aromatic heterocycles. The average molecular weight is 192 g/mol. The third-order valence-corrected chi connectivity index (χ3v) is 2.73. The first kappa shape index (κ1) is 9.97. The molecule has 0 bridgehead atoms. The summed E-state index contributed by atoms with van der Waals surface area (Å²) in [6, 6.07) is 4.15. The van der Waals surface area contributed by atoms with Crippen LogP contribution < -0.4 is 5.73 Å². The minimum Gasteiger partial charge on any atom is -0.324 e. The maximum Gasteiger partial charge on any atom is 0.0695 e. The van der Waals surface area contributed by atoms with Crippen LogP contribution in [0.3, 0.4) is 0 Å². The Balaban J connectivity index is 2.68. The van der Waals surface area contributed by atoms with Crippen molar-refractivity contribution in [2.75, 3.05) is 0 Å². The van der Waals surface area contributed by atoms with Crippen LogP contribution in [0.5, 0.6) is 0 Å². The number of thiophene rings is 1. The SMILES string of the molecule is C=CC[C@H](N)c1csc(CC#N)c1. The molecular weight excluding hydrogens is 180 g/mol. The third-order valence-electron chi connectivity index (χ3n) is 1.78. The number of nitrogens with zero attached hydrogens (tertiary/aromatic N) is 1. The molecule has 0 saturated carbocycles. The van der Waals surface area contributed by atoms with Crippen LogP contribution in [0.1, 0.15) is 22.9 Å². The summed E-state index contributed by atoms with van der Waals surface area (Å²) in [6.07, 6.45) is 3.07. The monoisotopic (exact) mass is 192 g/mol. The summed E-state index contributed by atoms with van der Waals surface area (Å²) in [4.78, 5) is 1.08. The molecule has 13 heavy (non-hydrogen) atoms. The van der Waals surface area contributed by atoms with E-state index in [9.17, 15) is 0 Å². The first-order valence-electron chi connectivity index (χ1n) is 4.08. The highest BCUT2D eigenvalue weighted by atomic mass is 32.1. The van der Waals surface area contributed by atoms with E-state index in [1.54, 1.807) is 11.3 Å². The second kappa shape index (κ2) is 4.80. The lowest BCUT2D eigenvalue weighted by Crippen LogP contribution is -2.07. The molecule has 0 aliphatic heterocycles. The first-order chi connectivity index (χ1) is 6.27. The van der Waals surface area contributed by atoms with Gasteiger partial charge in [-0.05, 0) is 23.4 Å². The molecule has 0 spiro atoms. The molecule has 0 aliphatic rings. The van der Waals surface area contributed by atoms with Gasteiger partial charge in [0.2, 0.25) is 0 Å². The van der Waals surface area contributed by atoms with Crippen molar-refractivity contribution >= 4 is 11.3 Å². The predicted molar refractivity (Wildman–Crippen MR) is 55.4 cm³/mol. The van der Waals surface area contributed by atoms with Crippen LogP contribution in [-0.4, -0.2) is 0 Å². The van der Waals surface area contributed by atoms with Gasteiger partial charge in [0.05, 0.1) is 12.5 Å². The highest BCUT2D eigenvalue weighted by Crippen LogP contribution is 2.21. The maximum atomic E-state index is 8.48. The molecule has 1 atom stereocenters. The highest BCUT2D eigenvalue weighted by Gasteiger charge is 2.06. The van der Waals surface area contributed by atoms with Crippen LogP contribution in [-0.2, 0) is 6.42 Å². The molecule has 2 N–H and O–H groups in total. The first-order valence-corrected chi connectivity index (χ1v) is 4.96. The topological polar surface area (TPSA) is 49.8 Å². The zero-order valence-electron chi connectivity index (χ0n) is 7.36. The second-order valence-electron chi connectivity index (χ2n) is 2.81. The van der Waals surface area contributed by atoms with Gasteiger partial charge in [0.25, 0.3) is 0 Å². The van der Waals surface area contributed by atoms with Crippen molar-refractivity contribution in [3.05, 3.63) is 34.5 Å². The van der Waals surface area contributed by atoms with Crippen molar-refractivity contribution in [1.82, 2.24) is 0 Å². The van der Waals surface area contributed by atoms with Gasteiger partial charge in [-0.2, -0.15) is 5.26 Å². The Morgan fingerprint density at radius 1 is 1.77 bits per heavy atom. The molecule has 2 nitrogen and oxygen atoms in total. The zero-order chi connectivity index (χ0) is 9.68. The van der Waals surface area contributed by atoms with E-state index in [0.717, 1.165) is 16.9 Å². The Morgan fingerprint density at radius 3 is 3.15 bits per heavy atom. The maximum absolute atomic E-state index is 8.48. The molecule has 1 heterocycles. The molecule has 0 aliphatic carbocycles. The fourth-order valence-electron chi connectivity index (χ4n) is 1.08. The quantitative estimate of drug-likeness (QED) is 0.745. The van der Waals surface area contributed by atoms with Crippen molar-refractivity contribution < 1.29 is 0 Å². The van der Waals surface area contributed by atoms with Gasteiger partial charge in [-0.15, -0.1) is 17.9 Å². The minimum absolute atomic E-state index is 0.0289. The lowest BCUT2D eigenvalue weighted by atomic mass is 10.1. The number of nitrogens with two attached hydrogens (primary N) is 1. The van der Waals surface area contributed by atoms with E-state index < -0.39 is 0 Å². The number of hydrogen-bond acceptors (Lipinski definition) is 3. The smallest absolute Gasteiger partial charge is 0.0695 e. The molecule has 0 amide bonds. The Bertz CT molecular complexity index is 322. The van der Waals surface area contributed by atoms with E-state index >= 15 is 0 Å². The minimum atomic E-state index is 0.0289. The summed E-state index contributed by atoms with van der Waals surface area (Å²) >= 11 is 1.59. The van der Waals surface area contributed by atoms with Crippen LogP contribution >= 0.6 is 11.3 Å². The van der Waals surface area contributed by atoms with Gasteiger partial charge in [0.1, 0.15) is 0 Å². The van der Waals surface area contributed by atoms with Crippen molar-refractivity contribution in [3.8, 4) is 6.07 Å². The van der Waals surface area contributed by atoms with Gasteiger partial charge >= 0.3 is 0 Å². The molecule has 3 heteroatoms. The largest absolute Gasteiger partial charge is 0.324 e. The van der Waals surface area contributed by atoms with E-state index in [2.05, 4.69) is 12.6 Å². The normalized spacial score (nSPS) is 12.0. The molecule has 1 rings (SSSR count). The fraction of sp³-hybridized carbons (Fsp3) is 0.300. The van der Waals surface area contributed by atoms with Crippen molar-refractivity contribution in [2.45, 2.75) is 18.9 Å². The van der Waals surface area contributed by atoms with E-state index in [1.165, 1.54) is 0 Å². The Hall–Kier alpha value is -1.11. The van der Waals surface area contributed by atoms with E-state index in [0.29, 0.717) is 6.42 Å². The van der Waals surface area contributed by atoms with Crippen molar-refractivity contribution in [3.63, 3.8) is 0 Å². The van der Waals surface area contributed by atoms with Crippen LogP contribution in [0.4, 0.5) is 0 Å². The summed E-state index contributed by atoms with van der Waals surface area (Å²) in [5.74, 6) is 0. The van der Waals surface area contributed by atoms with E-state index in [-0.39, 0.29) is 6.04 Å². The van der Waals surface area contributed by atoms with Gasteiger partial charge in [-0.25, -0.2) is 0 Å². The Labute approximate surface area is 82.3 Å². The molecule has 0 saturated heterocycles. The Kier molecular flexibility index (Phi) is 3.69. The van der Waals surface area contributed by atoms with Crippen LogP contribution in [0.15, 0.2) is 24.1 Å². The number of rotatable bonds is 4. The summed E-state index contributed by atoms with van der Waals surface area (Å²) in [5.41, 5.74) is 6.97. The standard InChI is InChI=1S/C10H12N2S/c1-2-3-10(12)8-6-9(4-5-11)13-7-8/h2,6-7,10H,1,3-4,12H2/t10-/m0/s1. The highest BCUT2D eigenvalue weighted by molar-refractivity contribution is 7.10. The average Bonchev–Trinajstić information content (AvgIpc) is 2.54. The lowest BCUT2D eigenvalue weighted by molar-refractivity contribution is 0.744. The summed E-state index contributed by atoms with van der Waals surface area (Å²) in [6.45, 7) is 3.64. The molecule has 1 aromatic rings. The lowest BCUT2D eigenvalue weighted by Gasteiger charge is -2.04. The molecule has 0 aromatic carbocycles. The van der Waals surface area contributed by atoms with Crippen LogP contribution in [0, 0.1) is 11.3 Å². The second-order valence-corrected chi connectivity index (χ2v) is 3.81. The number of hydrogen-bond donors (Lipinski definition) is 1. The van der Waals surface area contributed by atoms with Gasteiger partial charge in [-0.1, -0.05) is 6.08 Å². The molecular formula is C10H12N2S. The summed E-state index contributed by atoms with van der Waals surface area (Å²) in [5, 5.41) is 10.5. The molecule has 0 unspecified atom stereocenters. The van der Waals surface area contributed by atoms with Gasteiger partial charge in [0, 0.05) is 10.9 Å². The van der Waals surface area contributed by atoms with Crippen LogP contribution in [0.2, 0.25) is 0 Å². The van der Waals surface area contributed by atoms with E-state index in [1.807, 2.05) is 17.5 Å². The van der Waals surface area contributed by atoms with E-state index in [4.69, 9.17) is 11.0 Å². The number of nitriles is 1. The predicted octanol–water partition coefficient (Wildman–Crippen LogP) is 2.39. The Morgan fingerprint density at radius 2 is 2.54 bits per heavy atom. The molecule has 0 radical (unpaired) electrons. The van der Waals surface area contributed by atoms with Gasteiger partial charge in [0.15, 0.2) is 0 Å². The van der Waals surface area contributed by atoms with Crippen molar-refractivity contribution in [2.24, 2.45) is 5.73 Å². The van der Waals surface area contributed by atoms with Crippen molar-refractivity contribution in [1.29, 1.82) is 5.26 Å². The molecule has 0 fully saturated rings. The van der Waals surface area contributed by atoms with Gasteiger partial charge in [-0.3, -0.25) is 0 Å². The summed E-state index contributed by atoms with van der Waals surface area (Å²) in [7, 11) is 0.